The molecule has 3 heterocycles. The average Bonchev–Trinajstić information content (AvgIpc) is 3.32. The summed E-state index contributed by atoms with van der Waals surface area (Å²) < 4.78 is 7.28. The van der Waals surface area contributed by atoms with Gasteiger partial charge in [-0.3, -0.25) is 14.4 Å². The molecule has 0 bridgehead atoms. The number of hydrogen-bond acceptors (Lipinski definition) is 6. The second-order valence-electron chi connectivity index (χ2n) is 10.2. The van der Waals surface area contributed by atoms with Crippen molar-refractivity contribution in [3.05, 3.63) is 36.2 Å². The topological polar surface area (TPSA) is 118 Å². The highest BCUT2D eigenvalue weighted by atomic mass is 16.5. The van der Waals surface area contributed by atoms with Gasteiger partial charge in [0.25, 0.3) is 0 Å². The number of hydrogen-bond donors (Lipinski definition) is 2. The quantitative estimate of drug-likeness (QED) is 0.654. The zero-order valence-corrected chi connectivity index (χ0v) is 22.0. The van der Waals surface area contributed by atoms with Crippen molar-refractivity contribution < 1.29 is 19.1 Å². The molecule has 2 aliphatic heterocycles. The fourth-order valence-corrected chi connectivity index (χ4v) is 4.83. The summed E-state index contributed by atoms with van der Waals surface area (Å²) in [7, 11) is 0. The van der Waals surface area contributed by atoms with E-state index < -0.39 is 12.1 Å². The Morgan fingerprint density at radius 3 is 2.49 bits per heavy atom. The van der Waals surface area contributed by atoms with Gasteiger partial charge in [-0.2, -0.15) is 5.10 Å². The van der Waals surface area contributed by atoms with Crippen LogP contribution in [0.4, 0.5) is 0 Å². The fraction of sp³-hybridized carbons (Fsp3) is 0.593. The normalized spacial score (nSPS) is 22.6. The molecule has 37 heavy (non-hydrogen) atoms. The Morgan fingerprint density at radius 2 is 1.78 bits per heavy atom. The van der Waals surface area contributed by atoms with Gasteiger partial charge in [0.1, 0.15) is 6.04 Å². The first-order chi connectivity index (χ1) is 17.8. The molecule has 1 fully saturated rings. The Kier molecular flexibility index (Phi) is 8.91. The van der Waals surface area contributed by atoms with Gasteiger partial charge in [0.2, 0.25) is 17.7 Å². The molecule has 2 N–H and O–H groups in total. The summed E-state index contributed by atoms with van der Waals surface area (Å²) in [5.41, 5.74) is 0.880. The third kappa shape index (κ3) is 6.74. The first-order valence-corrected chi connectivity index (χ1v) is 13.3. The van der Waals surface area contributed by atoms with Gasteiger partial charge in [-0.1, -0.05) is 44.2 Å². The van der Waals surface area contributed by atoms with Crippen LogP contribution in [0.2, 0.25) is 0 Å². The molecule has 0 radical (unpaired) electrons. The molecule has 2 aliphatic rings. The molecule has 1 unspecified atom stereocenters. The number of nitrogens with zero attached hydrogens (tertiary/aromatic N) is 4. The van der Waals surface area contributed by atoms with E-state index in [0.29, 0.717) is 63.8 Å². The highest BCUT2D eigenvalue weighted by molar-refractivity contribution is 5.87. The lowest BCUT2D eigenvalue weighted by molar-refractivity contribution is -0.139. The molecule has 0 aliphatic carbocycles. The van der Waals surface area contributed by atoms with Gasteiger partial charge in [-0.15, -0.1) is 0 Å². The monoisotopic (exact) mass is 510 g/mol. The van der Waals surface area contributed by atoms with Crippen LogP contribution < -0.4 is 10.6 Å². The molecule has 4 rings (SSSR count). The van der Waals surface area contributed by atoms with E-state index in [-0.39, 0.29) is 36.0 Å². The van der Waals surface area contributed by atoms with Crippen LogP contribution in [-0.2, 0) is 25.7 Å². The summed E-state index contributed by atoms with van der Waals surface area (Å²) in [6.07, 6.45) is 2.18. The molecule has 2 atom stereocenters. The minimum absolute atomic E-state index is 0.0197. The van der Waals surface area contributed by atoms with Crippen LogP contribution in [0.5, 0.6) is 0 Å². The average molecular weight is 511 g/mol. The number of aromatic nitrogens is 3. The maximum atomic E-state index is 13.4. The Balaban J connectivity index is 1.68. The molecule has 200 valence electrons. The predicted molar refractivity (Wildman–Crippen MR) is 138 cm³/mol. The number of carbonyl (C=O) groups is 3. The minimum atomic E-state index is -0.693. The lowest BCUT2D eigenvalue weighted by atomic mass is 9.98. The molecular formula is C27H38N6O4. The van der Waals surface area contributed by atoms with Gasteiger partial charge >= 0.3 is 0 Å². The van der Waals surface area contributed by atoms with Crippen LogP contribution in [0.25, 0.3) is 11.4 Å². The zero-order chi connectivity index (χ0) is 26.4. The van der Waals surface area contributed by atoms with Gasteiger partial charge in [-0.25, -0.2) is 9.67 Å². The van der Waals surface area contributed by atoms with Crippen molar-refractivity contribution in [3.8, 4) is 11.4 Å². The number of amides is 3. The third-order valence-corrected chi connectivity index (χ3v) is 7.04. The zero-order valence-electron chi connectivity index (χ0n) is 22.0. The Morgan fingerprint density at radius 1 is 1.05 bits per heavy atom. The summed E-state index contributed by atoms with van der Waals surface area (Å²) >= 11 is 0. The van der Waals surface area contributed by atoms with Crippen molar-refractivity contribution >= 4 is 17.7 Å². The van der Waals surface area contributed by atoms with Crippen LogP contribution >= 0.6 is 0 Å². The third-order valence-electron chi connectivity index (χ3n) is 7.04. The summed E-state index contributed by atoms with van der Waals surface area (Å²) in [5.74, 6) is 0.790. The lowest BCUT2D eigenvalue weighted by Gasteiger charge is -2.30. The molecule has 3 amide bonds. The van der Waals surface area contributed by atoms with E-state index in [1.54, 1.807) is 6.92 Å². The first-order valence-electron chi connectivity index (χ1n) is 13.3. The molecule has 0 saturated carbocycles. The van der Waals surface area contributed by atoms with Crippen molar-refractivity contribution in [2.75, 3.05) is 26.3 Å². The van der Waals surface area contributed by atoms with E-state index in [1.807, 2.05) is 53.8 Å². The van der Waals surface area contributed by atoms with E-state index in [1.165, 1.54) is 0 Å². The Hall–Kier alpha value is -3.27. The summed E-state index contributed by atoms with van der Waals surface area (Å²) in [5, 5.41) is 10.7. The maximum Gasteiger partial charge on any atom is 0.242 e. The van der Waals surface area contributed by atoms with Crippen molar-refractivity contribution in [1.82, 2.24) is 30.3 Å². The molecule has 10 heteroatoms. The number of carbonyl (C=O) groups excluding carboxylic acids is 3. The van der Waals surface area contributed by atoms with Gasteiger partial charge in [-0.05, 0) is 32.1 Å². The van der Waals surface area contributed by atoms with Gasteiger partial charge < -0.3 is 20.3 Å². The number of benzene rings is 1. The number of ether oxygens (including phenoxy) is 1. The van der Waals surface area contributed by atoms with E-state index in [2.05, 4.69) is 10.6 Å². The Bertz CT molecular complexity index is 1080. The SMILES string of the molecule is CC(C)C1NC(=O)[C@@H](C)NC(=O)CCCN(C(=O)C2CCOCC2)CCn2nc(-c3ccccc3)nc21. The number of rotatable bonds is 3. The van der Waals surface area contributed by atoms with Crippen LogP contribution in [0, 0.1) is 11.8 Å². The molecule has 1 saturated heterocycles. The van der Waals surface area contributed by atoms with Crippen molar-refractivity contribution in [1.29, 1.82) is 0 Å². The van der Waals surface area contributed by atoms with Gasteiger partial charge in [0, 0.05) is 44.2 Å². The smallest absolute Gasteiger partial charge is 0.242 e. The van der Waals surface area contributed by atoms with E-state index in [9.17, 15) is 14.4 Å². The minimum Gasteiger partial charge on any atom is -0.381 e. The van der Waals surface area contributed by atoms with Crippen LogP contribution in [0.1, 0.15) is 58.3 Å². The molecule has 1 aromatic carbocycles. The van der Waals surface area contributed by atoms with E-state index in [4.69, 9.17) is 14.8 Å². The second-order valence-corrected chi connectivity index (χ2v) is 10.2. The number of fused-ring (bicyclic) bond motifs is 1. The van der Waals surface area contributed by atoms with Crippen molar-refractivity contribution in [2.24, 2.45) is 11.8 Å². The standard InChI is InChI=1S/C27H38N6O4/c1-18(2)23-25-30-24(20-8-5-4-6-9-20)31-33(25)15-14-32(27(36)21-11-16-37-17-12-21)13-7-10-22(34)28-19(3)26(35)29-23/h4-6,8-9,18-19,21,23H,7,10-17H2,1-3H3,(H,28,34)(H,29,35)/t19-,23?/m1/s1. The largest absolute Gasteiger partial charge is 0.381 e. The van der Waals surface area contributed by atoms with Gasteiger partial charge in [0.15, 0.2) is 11.6 Å². The van der Waals surface area contributed by atoms with Gasteiger partial charge in [0.05, 0.1) is 12.6 Å². The predicted octanol–water partition coefficient (Wildman–Crippen LogP) is 2.31. The highest BCUT2D eigenvalue weighted by Gasteiger charge is 2.30. The van der Waals surface area contributed by atoms with Crippen LogP contribution in [-0.4, -0.2) is 69.7 Å². The van der Waals surface area contributed by atoms with Crippen LogP contribution in [0.15, 0.2) is 30.3 Å². The number of nitrogens with one attached hydrogen (secondary N) is 2. The van der Waals surface area contributed by atoms with Crippen molar-refractivity contribution in [3.63, 3.8) is 0 Å². The highest BCUT2D eigenvalue weighted by Crippen LogP contribution is 2.25. The molecular weight excluding hydrogens is 472 g/mol. The van der Waals surface area contributed by atoms with Crippen LogP contribution in [0.3, 0.4) is 0 Å². The molecule has 0 spiro atoms. The molecule has 1 aromatic heterocycles. The lowest BCUT2D eigenvalue weighted by Crippen LogP contribution is -2.48. The van der Waals surface area contributed by atoms with E-state index >= 15 is 0 Å². The Labute approximate surface area is 218 Å². The summed E-state index contributed by atoms with van der Waals surface area (Å²) in [6.45, 7) is 8.23. The van der Waals surface area contributed by atoms with E-state index in [0.717, 1.165) is 5.56 Å². The molecule has 10 nitrogen and oxygen atoms in total. The maximum absolute atomic E-state index is 13.4. The summed E-state index contributed by atoms with van der Waals surface area (Å²) in [4.78, 5) is 45.7. The second kappa shape index (κ2) is 12.3. The fourth-order valence-electron chi connectivity index (χ4n) is 4.83. The summed E-state index contributed by atoms with van der Waals surface area (Å²) in [6, 6.07) is 8.61. The molecule has 2 aromatic rings. The first kappa shape index (κ1) is 26.8. The van der Waals surface area contributed by atoms with Crippen molar-refractivity contribution in [2.45, 2.75) is 65.1 Å².